The van der Waals surface area contributed by atoms with Gasteiger partial charge >= 0.3 is 0 Å². The lowest BCUT2D eigenvalue weighted by Gasteiger charge is -2.23. The average molecular weight is 509 g/mol. The summed E-state index contributed by atoms with van der Waals surface area (Å²) in [5.41, 5.74) is 0.968. The maximum Gasteiger partial charge on any atom is 0.296 e. The van der Waals surface area contributed by atoms with E-state index in [-0.39, 0.29) is 35.8 Å². The Balaban J connectivity index is 1.45. The predicted octanol–water partition coefficient (Wildman–Crippen LogP) is 5.61. The highest BCUT2D eigenvalue weighted by Gasteiger charge is 2.26. The lowest BCUT2D eigenvalue weighted by Crippen LogP contribution is -2.26. The zero-order valence-electron chi connectivity index (χ0n) is 21.0. The van der Waals surface area contributed by atoms with Crippen molar-refractivity contribution in [2.24, 2.45) is 12.5 Å². The van der Waals surface area contributed by atoms with Crippen LogP contribution in [0.5, 0.6) is 0 Å². The lowest BCUT2D eigenvalue weighted by molar-refractivity contribution is -0.118. The minimum Gasteiger partial charge on any atom is -0.461 e. The van der Waals surface area contributed by atoms with E-state index in [2.05, 4.69) is 10.3 Å². The molecule has 1 amide bonds. The summed E-state index contributed by atoms with van der Waals surface area (Å²) in [6.07, 6.45) is 2.45. The molecule has 0 unspecified atom stereocenters. The molecular weight excluding hydrogens is 480 g/mol. The van der Waals surface area contributed by atoms with Crippen LogP contribution in [0.3, 0.4) is 0 Å². The molecule has 0 bridgehead atoms. The number of carbonyl (C=O) groups excluding carboxylic acids is 2. The van der Waals surface area contributed by atoms with E-state index in [4.69, 9.17) is 16.0 Å². The number of furan rings is 1. The number of halogens is 1. The standard InChI is InChI=1S/C27H29ClN4O4/c1-16-12-18-13-19(28)14-20(25(18)36-16)21(33)9-10-27(3,4)15-23(34)30-24-17(2)31(5)32(26(24)35)22-8-6-7-11-29-22/h6-8,11-14H,9-10,15H2,1-5H3,(H,30,34). The van der Waals surface area contributed by atoms with Crippen molar-refractivity contribution in [2.45, 2.75) is 47.0 Å². The van der Waals surface area contributed by atoms with Crippen molar-refractivity contribution in [2.75, 3.05) is 5.32 Å². The van der Waals surface area contributed by atoms with E-state index in [1.165, 1.54) is 4.68 Å². The smallest absolute Gasteiger partial charge is 0.296 e. The van der Waals surface area contributed by atoms with E-state index in [1.807, 2.05) is 26.8 Å². The first-order valence-corrected chi connectivity index (χ1v) is 12.1. The summed E-state index contributed by atoms with van der Waals surface area (Å²) in [6, 6.07) is 10.5. The van der Waals surface area contributed by atoms with Gasteiger partial charge in [-0.05, 0) is 56.0 Å². The van der Waals surface area contributed by atoms with Gasteiger partial charge in [-0.15, -0.1) is 0 Å². The van der Waals surface area contributed by atoms with Gasteiger partial charge in [0.05, 0.1) is 11.3 Å². The molecule has 0 spiro atoms. The first kappa shape index (κ1) is 25.4. The van der Waals surface area contributed by atoms with Crippen LogP contribution in [0.4, 0.5) is 5.69 Å². The van der Waals surface area contributed by atoms with Gasteiger partial charge < -0.3 is 9.73 Å². The fourth-order valence-electron chi connectivity index (χ4n) is 4.33. The summed E-state index contributed by atoms with van der Waals surface area (Å²) in [5, 5.41) is 4.04. The first-order chi connectivity index (χ1) is 17.0. The summed E-state index contributed by atoms with van der Waals surface area (Å²) in [5.74, 6) is 0.784. The van der Waals surface area contributed by atoms with Gasteiger partial charge in [-0.25, -0.2) is 4.98 Å². The number of fused-ring (bicyclic) bond motifs is 1. The number of benzene rings is 1. The summed E-state index contributed by atoms with van der Waals surface area (Å²) in [4.78, 5) is 43.2. The quantitative estimate of drug-likeness (QED) is 0.312. The highest BCUT2D eigenvalue weighted by Crippen LogP contribution is 2.32. The number of nitrogens with zero attached hydrogens (tertiary/aromatic N) is 3. The van der Waals surface area contributed by atoms with Gasteiger partial charge in [-0.3, -0.25) is 19.1 Å². The van der Waals surface area contributed by atoms with Crippen LogP contribution in [0.1, 0.15) is 54.9 Å². The number of carbonyl (C=O) groups is 2. The second kappa shape index (κ2) is 9.78. The number of hydrogen-bond acceptors (Lipinski definition) is 5. The molecule has 1 N–H and O–H groups in total. The highest BCUT2D eigenvalue weighted by atomic mass is 35.5. The van der Waals surface area contributed by atoms with Crippen LogP contribution in [0.15, 0.2) is 51.8 Å². The number of aromatic nitrogens is 3. The predicted molar refractivity (Wildman–Crippen MR) is 140 cm³/mol. The van der Waals surface area contributed by atoms with Crippen LogP contribution >= 0.6 is 11.6 Å². The molecular formula is C27H29ClN4O4. The van der Waals surface area contributed by atoms with Crippen LogP contribution in [0.25, 0.3) is 16.8 Å². The molecule has 9 heteroatoms. The molecule has 36 heavy (non-hydrogen) atoms. The average Bonchev–Trinajstić information content (AvgIpc) is 3.28. The Morgan fingerprint density at radius 2 is 1.92 bits per heavy atom. The van der Waals surface area contributed by atoms with E-state index in [9.17, 15) is 14.4 Å². The maximum absolute atomic E-state index is 13.0. The molecule has 0 aliphatic carbocycles. The number of aryl methyl sites for hydroxylation is 1. The Bertz CT molecular complexity index is 1510. The summed E-state index contributed by atoms with van der Waals surface area (Å²) in [7, 11) is 1.74. The van der Waals surface area contributed by atoms with Gasteiger partial charge in [-0.1, -0.05) is 31.5 Å². The van der Waals surface area contributed by atoms with Crippen LogP contribution < -0.4 is 10.9 Å². The summed E-state index contributed by atoms with van der Waals surface area (Å²) >= 11 is 6.21. The number of nitrogens with one attached hydrogen (secondary N) is 1. The Kier molecular flexibility index (Phi) is 6.91. The minimum absolute atomic E-state index is 0.0949. The van der Waals surface area contributed by atoms with Crippen molar-refractivity contribution in [3.8, 4) is 5.82 Å². The molecule has 4 rings (SSSR count). The molecule has 0 fully saturated rings. The minimum atomic E-state index is -0.487. The van der Waals surface area contributed by atoms with Crippen molar-refractivity contribution in [3.63, 3.8) is 0 Å². The van der Waals surface area contributed by atoms with E-state index >= 15 is 0 Å². The van der Waals surface area contributed by atoms with Crippen molar-refractivity contribution >= 4 is 39.9 Å². The fraction of sp³-hybridized carbons (Fsp3) is 0.333. The van der Waals surface area contributed by atoms with E-state index in [0.717, 1.165) is 5.39 Å². The SMILES string of the molecule is Cc1cc2cc(Cl)cc(C(=O)CCC(C)(C)CC(=O)Nc3c(C)n(C)n(-c4ccccn4)c3=O)c2o1. The van der Waals surface area contributed by atoms with Crippen LogP contribution in [-0.2, 0) is 11.8 Å². The van der Waals surface area contributed by atoms with Crippen LogP contribution in [-0.4, -0.2) is 26.0 Å². The number of hydrogen-bond donors (Lipinski definition) is 1. The molecule has 0 saturated carbocycles. The normalized spacial score (nSPS) is 11.7. The second-order valence-corrected chi connectivity index (χ2v) is 10.3. The molecule has 0 aliphatic heterocycles. The third-order valence-electron chi connectivity index (χ3n) is 6.36. The van der Waals surface area contributed by atoms with Gasteiger partial charge in [-0.2, -0.15) is 4.68 Å². The first-order valence-electron chi connectivity index (χ1n) is 11.7. The molecule has 0 saturated heterocycles. The number of amides is 1. The molecule has 3 aromatic heterocycles. The van der Waals surface area contributed by atoms with Crippen molar-refractivity contribution in [1.82, 2.24) is 14.3 Å². The van der Waals surface area contributed by atoms with Crippen LogP contribution in [0, 0.1) is 19.3 Å². The molecule has 188 valence electrons. The molecule has 0 radical (unpaired) electrons. The summed E-state index contributed by atoms with van der Waals surface area (Å²) < 4.78 is 8.79. The van der Waals surface area contributed by atoms with E-state index < -0.39 is 5.41 Å². The molecule has 1 aromatic carbocycles. The monoisotopic (exact) mass is 508 g/mol. The van der Waals surface area contributed by atoms with Gasteiger partial charge in [0.25, 0.3) is 5.56 Å². The Morgan fingerprint density at radius 3 is 2.61 bits per heavy atom. The van der Waals surface area contributed by atoms with Crippen molar-refractivity contribution < 1.29 is 14.0 Å². The number of ketones is 1. The van der Waals surface area contributed by atoms with Crippen molar-refractivity contribution in [1.29, 1.82) is 0 Å². The van der Waals surface area contributed by atoms with Gasteiger partial charge in [0.2, 0.25) is 5.91 Å². The number of rotatable bonds is 8. The Morgan fingerprint density at radius 1 is 1.17 bits per heavy atom. The fourth-order valence-corrected chi connectivity index (χ4v) is 4.56. The van der Waals surface area contributed by atoms with E-state index in [1.54, 1.807) is 55.2 Å². The number of Topliss-reactive ketones (excluding diaryl/α,β-unsaturated/α-hetero) is 1. The van der Waals surface area contributed by atoms with Crippen LogP contribution in [0.2, 0.25) is 5.02 Å². The van der Waals surface area contributed by atoms with Gasteiger partial charge in [0.15, 0.2) is 11.6 Å². The zero-order chi connectivity index (χ0) is 26.2. The van der Waals surface area contributed by atoms with Gasteiger partial charge in [0, 0.05) is 36.5 Å². The molecule has 0 atom stereocenters. The maximum atomic E-state index is 13.0. The second-order valence-electron chi connectivity index (χ2n) is 9.83. The highest BCUT2D eigenvalue weighted by molar-refractivity contribution is 6.32. The number of pyridine rings is 1. The molecule has 4 aromatic rings. The Labute approximate surface area is 213 Å². The molecule has 3 heterocycles. The van der Waals surface area contributed by atoms with Crippen molar-refractivity contribution in [3.05, 3.63) is 75.0 Å². The van der Waals surface area contributed by atoms with Gasteiger partial charge in [0.1, 0.15) is 17.0 Å². The summed E-state index contributed by atoms with van der Waals surface area (Å²) in [6.45, 7) is 7.44. The molecule has 0 aliphatic rings. The third-order valence-corrected chi connectivity index (χ3v) is 6.57. The Hall–Kier alpha value is -3.65. The largest absolute Gasteiger partial charge is 0.461 e. The zero-order valence-corrected chi connectivity index (χ0v) is 21.8. The lowest BCUT2D eigenvalue weighted by atomic mass is 9.82. The number of anilines is 1. The topological polar surface area (TPSA) is 99.1 Å². The third kappa shape index (κ3) is 5.14. The molecule has 8 nitrogen and oxygen atoms in total. The van der Waals surface area contributed by atoms with E-state index in [0.29, 0.717) is 39.9 Å².